The Morgan fingerprint density at radius 2 is 1.74 bits per heavy atom. The molecule has 156 valence electrons. The maximum absolute atomic E-state index is 4.71. The summed E-state index contributed by atoms with van der Waals surface area (Å²) in [5, 5.41) is 1.13. The molecule has 1 saturated heterocycles. The minimum absolute atomic E-state index is 0.819. The van der Waals surface area contributed by atoms with Crippen molar-refractivity contribution in [1.82, 2.24) is 14.9 Å². The first-order valence-electron chi connectivity index (χ1n) is 11.2. The number of hydrogen-bond donors (Lipinski definition) is 1. The molecule has 0 bridgehead atoms. The van der Waals surface area contributed by atoms with E-state index in [1.54, 1.807) is 0 Å². The highest BCUT2D eigenvalue weighted by molar-refractivity contribution is 5.87. The summed E-state index contributed by atoms with van der Waals surface area (Å²) < 4.78 is 0. The van der Waals surface area contributed by atoms with E-state index in [4.69, 9.17) is 4.98 Å². The number of piperidine rings is 1. The van der Waals surface area contributed by atoms with Crippen molar-refractivity contribution in [1.29, 1.82) is 0 Å². The predicted octanol–water partition coefficient (Wildman–Crippen LogP) is 6.91. The molecule has 0 spiro atoms. The lowest BCUT2D eigenvalue weighted by molar-refractivity contribution is 0.268. The Morgan fingerprint density at radius 1 is 0.968 bits per heavy atom. The van der Waals surface area contributed by atoms with E-state index in [0.717, 1.165) is 47.0 Å². The Hall–Kier alpha value is -3.33. The molecule has 1 N–H and O–H groups in total. The highest BCUT2D eigenvalue weighted by atomic mass is 15.1. The number of H-pyrrole nitrogens is 1. The average molecular weight is 408 g/mol. The molecule has 2 aromatic carbocycles. The second kappa shape index (κ2) is 8.07. The minimum Gasteiger partial charge on any atom is -0.372 e. The molecule has 1 aliphatic rings. The maximum atomic E-state index is 4.71. The van der Waals surface area contributed by atoms with Gasteiger partial charge in [0.25, 0.3) is 0 Å². The fraction of sp³-hybridized carbons (Fsp3) is 0.250. The lowest BCUT2D eigenvalue weighted by Crippen LogP contribution is -2.31. The van der Waals surface area contributed by atoms with Gasteiger partial charge >= 0.3 is 0 Å². The van der Waals surface area contributed by atoms with Crippen molar-refractivity contribution in [2.45, 2.75) is 26.7 Å². The standard InChI is InChI=1S/C28H29N3/c1-19-7-9-22(10-8-19)27-17-25-16-26(18-29-28(25)30-27)24-6-4-5-23(15-24)21(3)31-13-11-20(2)12-14-31/h4-10,15-18,20H,3,11-14H2,1-2H3,(H,29,30). The summed E-state index contributed by atoms with van der Waals surface area (Å²) >= 11 is 0. The summed E-state index contributed by atoms with van der Waals surface area (Å²) in [6.45, 7) is 11.1. The molecular weight excluding hydrogens is 378 g/mol. The van der Waals surface area contributed by atoms with E-state index in [0.29, 0.717) is 0 Å². The summed E-state index contributed by atoms with van der Waals surface area (Å²) in [6, 6.07) is 21.7. The van der Waals surface area contributed by atoms with Gasteiger partial charge in [0.1, 0.15) is 5.65 Å². The van der Waals surface area contributed by atoms with Crippen molar-refractivity contribution < 1.29 is 0 Å². The van der Waals surface area contributed by atoms with E-state index >= 15 is 0 Å². The van der Waals surface area contributed by atoms with Crippen LogP contribution in [0, 0.1) is 12.8 Å². The van der Waals surface area contributed by atoms with Gasteiger partial charge in [0.05, 0.1) is 0 Å². The molecule has 0 unspecified atom stereocenters. The second-order valence-electron chi connectivity index (χ2n) is 8.91. The Kier molecular flexibility index (Phi) is 5.11. The van der Waals surface area contributed by atoms with Gasteiger partial charge in [0.2, 0.25) is 0 Å². The van der Waals surface area contributed by atoms with Crippen LogP contribution in [0.15, 0.2) is 73.4 Å². The van der Waals surface area contributed by atoms with Crippen LogP contribution in [0.2, 0.25) is 0 Å². The van der Waals surface area contributed by atoms with Crippen LogP contribution < -0.4 is 0 Å². The number of pyridine rings is 1. The molecule has 3 heterocycles. The fourth-order valence-electron chi connectivity index (χ4n) is 4.40. The smallest absolute Gasteiger partial charge is 0.137 e. The molecule has 0 amide bonds. The van der Waals surface area contributed by atoms with E-state index in [9.17, 15) is 0 Å². The van der Waals surface area contributed by atoms with Gasteiger partial charge in [0.15, 0.2) is 0 Å². The van der Waals surface area contributed by atoms with Crippen molar-refractivity contribution >= 4 is 16.7 Å². The van der Waals surface area contributed by atoms with Crippen LogP contribution in [0.25, 0.3) is 39.1 Å². The summed E-state index contributed by atoms with van der Waals surface area (Å²) in [7, 11) is 0. The largest absolute Gasteiger partial charge is 0.372 e. The van der Waals surface area contributed by atoms with Crippen molar-refractivity contribution in [3.8, 4) is 22.4 Å². The molecule has 1 fully saturated rings. The molecule has 0 atom stereocenters. The SMILES string of the molecule is C=C(c1cccc(-c2cnc3[nH]c(-c4ccc(C)cc4)cc3c2)c1)N1CCC(C)CC1. The van der Waals surface area contributed by atoms with Gasteiger partial charge in [0, 0.05) is 41.6 Å². The second-order valence-corrected chi connectivity index (χ2v) is 8.91. The number of nitrogens with one attached hydrogen (secondary N) is 1. The molecule has 3 nitrogen and oxygen atoms in total. The van der Waals surface area contributed by atoms with Crippen LogP contribution in [-0.4, -0.2) is 28.0 Å². The number of aromatic nitrogens is 2. The van der Waals surface area contributed by atoms with E-state index in [1.807, 2.05) is 6.20 Å². The van der Waals surface area contributed by atoms with Crippen molar-refractivity contribution in [3.05, 3.63) is 84.6 Å². The first kappa shape index (κ1) is 19.6. The van der Waals surface area contributed by atoms with Crippen molar-refractivity contribution in [2.24, 2.45) is 5.92 Å². The lowest BCUT2D eigenvalue weighted by Gasteiger charge is -2.33. The normalized spacial score (nSPS) is 14.8. The Labute approximate surface area is 184 Å². The zero-order valence-corrected chi connectivity index (χ0v) is 18.4. The molecule has 0 radical (unpaired) electrons. The third kappa shape index (κ3) is 4.00. The maximum Gasteiger partial charge on any atom is 0.137 e. The van der Waals surface area contributed by atoms with Crippen LogP contribution in [0.4, 0.5) is 0 Å². The average Bonchev–Trinajstić information content (AvgIpc) is 3.23. The number of benzene rings is 2. The van der Waals surface area contributed by atoms with E-state index in [2.05, 4.69) is 91.0 Å². The van der Waals surface area contributed by atoms with Gasteiger partial charge in [-0.05, 0) is 60.6 Å². The third-order valence-electron chi connectivity index (χ3n) is 6.53. The Bertz CT molecular complexity index is 1220. The van der Waals surface area contributed by atoms with E-state index in [1.165, 1.54) is 35.1 Å². The molecule has 1 aliphatic heterocycles. The van der Waals surface area contributed by atoms with Gasteiger partial charge in [-0.2, -0.15) is 0 Å². The number of aryl methyl sites for hydroxylation is 1. The zero-order valence-electron chi connectivity index (χ0n) is 18.4. The van der Waals surface area contributed by atoms with E-state index in [-0.39, 0.29) is 0 Å². The predicted molar refractivity (Wildman–Crippen MR) is 131 cm³/mol. The molecule has 0 aliphatic carbocycles. The van der Waals surface area contributed by atoms with Gasteiger partial charge in [-0.25, -0.2) is 4.98 Å². The first-order valence-corrected chi connectivity index (χ1v) is 11.2. The van der Waals surface area contributed by atoms with Crippen molar-refractivity contribution in [2.75, 3.05) is 13.1 Å². The van der Waals surface area contributed by atoms with Gasteiger partial charge in [-0.1, -0.05) is 61.5 Å². The summed E-state index contributed by atoms with van der Waals surface area (Å²) in [5.41, 5.74) is 9.09. The summed E-state index contributed by atoms with van der Waals surface area (Å²) in [6.07, 6.45) is 4.45. The molecule has 0 saturated carbocycles. The van der Waals surface area contributed by atoms with Gasteiger partial charge in [-0.3, -0.25) is 0 Å². The monoisotopic (exact) mass is 407 g/mol. The van der Waals surface area contributed by atoms with Crippen LogP contribution in [0.1, 0.15) is 30.9 Å². The Balaban J connectivity index is 1.43. The summed E-state index contributed by atoms with van der Waals surface area (Å²) in [4.78, 5) is 10.6. The number of likely N-dealkylation sites (tertiary alicyclic amines) is 1. The number of nitrogens with zero attached hydrogens (tertiary/aromatic N) is 2. The fourth-order valence-corrected chi connectivity index (χ4v) is 4.40. The highest BCUT2D eigenvalue weighted by Crippen LogP contribution is 2.30. The number of aromatic amines is 1. The lowest BCUT2D eigenvalue weighted by atomic mass is 9.97. The van der Waals surface area contributed by atoms with Crippen LogP contribution >= 0.6 is 0 Å². The third-order valence-corrected chi connectivity index (χ3v) is 6.53. The van der Waals surface area contributed by atoms with Crippen LogP contribution in [0.3, 0.4) is 0 Å². The van der Waals surface area contributed by atoms with Crippen molar-refractivity contribution in [3.63, 3.8) is 0 Å². The summed E-state index contributed by atoms with van der Waals surface area (Å²) in [5.74, 6) is 0.819. The first-order chi connectivity index (χ1) is 15.1. The molecule has 31 heavy (non-hydrogen) atoms. The molecule has 5 rings (SSSR count). The Morgan fingerprint density at radius 3 is 2.52 bits per heavy atom. The number of fused-ring (bicyclic) bond motifs is 1. The van der Waals surface area contributed by atoms with Crippen LogP contribution in [-0.2, 0) is 0 Å². The molecule has 3 heteroatoms. The number of rotatable bonds is 4. The zero-order chi connectivity index (χ0) is 21.4. The topological polar surface area (TPSA) is 31.9 Å². The molecule has 2 aromatic heterocycles. The van der Waals surface area contributed by atoms with E-state index < -0.39 is 0 Å². The van der Waals surface area contributed by atoms with Crippen LogP contribution in [0.5, 0.6) is 0 Å². The van der Waals surface area contributed by atoms with Gasteiger partial charge < -0.3 is 9.88 Å². The highest BCUT2D eigenvalue weighted by Gasteiger charge is 2.18. The molecule has 4 aromatic rings. The molecular formula is C28H29N3. The number of hydrogen-bond acceptors (Lipinski definition) is 2. The minimum atomic E-state index is 0.819. The quantitative estimate of drug-likeness (QED) is 0.399. The van der Waals surface area contributed by atoms with Gasteiger partial charge in [-0.15, -0.1) is 0 Å².